The van der Waals surface area contributed by atoms with Gasteiger partial charge in [0.25, 0.3) is 0 Å². The molecule has 0 fully saturated rings. The number of benzene rings is 3. The first-order chi connectivity index (χ1) is 11.8. The second-order valence-electron chi connectivity index (χ2n) is 6.55. The van der Waals surface area contributed by atoms with Gasteiger partial charge in [0.15, 0.2) is 0 Å². The summed E-state index contributed by atoms with van der Waals surface area (Å²) in [7, 11) is 2.16. The van der Waals surface area contributed by atoms with E-state index in [4.69, 9.17) is 4.42 Å². The van der Waals surface area contributed by atoms with Crippen LogP contribution in [0.1, 0.15) is 18.9 Å². The first-order valence-electron chi connectivity index (χ1n) is 8.60. The van der Waals surface area contributed by atoms with Crippen molar-refractivity contribution < 1.29 is 4.42 Å². The van der Waals surface area contributed by atoms with Crippen LogP contribution in [0.5, 0.6) is 0 Å². The third-order valence-electron chi connectivity index (χ3n) is 5.14. The smallest absolute Gasteiger partial charge is 0.136 e. The molecule has 0 aliphatic carbocycles. The molecule has 2 heterocycles. The van der Waals surface area contributed by atoms with E-state index in [-0.39, 0.29) is 0 Å². The van der Waals surface area contributed by atoms with Gasteiger partial charge in [-0.05, 0) is 36.2 Å². The third-order valence-corrected chi connectivity index (χ3v) is 5.14. The molecule has 0 atom stereocenters. The molecule has 2 aromatic heterocycles. The Morgan fingerprint density at radius 3 is 2.50 bits per heavy atom. The molecule has 0 saturated heterocycles. The maximum Gasteiger partial charge on any atom is 0.136 e. The lowest BCUT2D eigenvalue weighted by atomic mass is 9.99. The third kappa shape index (κ3) is 1.66. The normalized spacial score (nSPS) is 12.1. The molecule has 0 saturated carbocycles. The largest absolute Gasteiger partial charge is 0.456 e. The minimum absolute atomic E-state index is 0.963. The maximum atomic E-state index is 6.11. The Hall–Kier alpha value is -2.74. The minimum atomic E-state index is 0.963. The highest BCUT2D eigenvalue weighted by molar-refractivity contribution is 6.27. The molecule has 0 bridgehead atoms. The van der Waals surface area contributed by atoms with Gasteiger partial charge in [-0.15, -0.1) is 0 Å². The van der Waals surface area contributed by atoms with E-state index in [2.05, 4.69) is 67.1 Å². The van der Waals surface area contributed by atoms with E-state index in [1.807, 2.05) is 6.07 Å². The van der Waals surface area contributed by atoms with E-state index < -0.39 is 0 Å². The van der Waals surface area contributed by atoms with Gasteiger partial charge in [-0.25, -0.2) is 0 Å². The van der Waals surface area contributed by atoms with Crippen LogP contribution in [0.25, 0.3) is 43.7 Å². The number of aromatic nitrogens is 1. The van der Waals surface area contributed by atoms with Gasteiger partial charge in [0, 0.05) is 39.6 Å². The number of hydrogen-bond acceptors (Lipinski definition) is 1. The van der Waals surface area contributed by atoms with Crippen LogP contribution < -0.4 is 0 Å². The van der Waals surface area contributed by atoms with Gasteiger partial charge >= 0.3 is 0 Å². The van der Waals surface area contributed by atoms with Crippen LogP contribution in [-0.4, -0.2) is 4.57 Å². The van der Waals surface area contributed by atoms with Crippen molar-refractivity contribution in [1.29, 1.82) is 0 Å². The summed E-state index contributed by atoms with van der Waals surface area (Å²) in [5.74, 6) is 0. The number of fused-ring (bicyclic) bond motifs is 7. The quantitative estimate of drug-likeness (QED) is 0.380. The average Bonchev–Trinajstić information content (AvgIpc) is 3.12. The number of hydrogen-bond donors (Lipinski definition) is 0. The lowest BCUT2D eigenvalue weighted by molar-refractivity contribution is 0.669. The minimum Gasteiger partial charge on any atom is -0.456 e. The summed E-state index contributed by atoms with van der Waals surface area (Å²) in [6, 6.07) is 19.3. The molecule has 0 aliphatic heterocycles. The summed E-state index contributed by atoms with van der Waals surface area (Å²) in [5, 5.41) is 5.17. The molecule has 5 rings (SSSR count). The van der Waals surface area contributed by atoms with Crippen molar-refractivity contribution in [2.45, 2.75) is 19.8 Å². The van der Waals surface area contributed by atoms with Crippen molar-refractivity contribution in [1.82, 2.24) is 4.57 Å². The Kier molecular flexibility index (Phi) is 2.78. The van der Waals surface area contributed by atoms with Gasteiger partial charge in [-0.1, -0.05) is 43.7 Å². The van der Waals surface area contributed by atoms with Crippen molar-refractivity contribution in [3.63, 3.8) is 0 Å². The highest BCUT2D eigenvalue weighted by Gasteiger charge is 2.17. The molecule has 0 radical (unpaired) electrons. The molecule has 2 heteroatoms. The molecule has 0 unspecified atom stereocenters. The van der Waals surface area contributed by atoms with Crippen LogP contribution in [0, 0.1) is 0 Å². The van der Waals surface area contributed by atoms with Gasteiger partial charge in [0.1, 0.15) is 11.2 Å². The SMILES string of the molecule is CCCc1cccc2c1c1c3c(ccc1n2C)oc1ccccc13. The molecular weight excluding hydrogens is 294 g/mol. The zero-order valence-electron chi connectivity index (χ0n) is 14.0. The Bertz CT molecular complexity index is 1220. The first kappa shape index (κ1) is 13.7. The second-order valence-corrected chi connectivity index (χ2v) is 6.55. The summed E-state index contributed by atoms with van der Waals surface area (Å²) in [5.41, 5.74) is 5.94. The van der Waals surface area contributed by atoms with Crippen LogP contribution in [-0.2, 0) is 13.5 Å². The number of para-hydroxylation sites is 1. The number of aryl methyl sites for hydroxylation is 2. The van der Waals surface area contributed by atoms with Crippen LogP contribution in [0.15, 0.2) is 59.0 Å². The number of furan rings is 1. The van der Waals surface area contributed by atoms with E-state index in [0.717, 1.165) is 24.0 Å². The molecule has 0 aliphatic rings. The molecule has 0 amide bonds. The van der Waals surface area contributed by atoms with E-state index in [1.165, 1.54) is 38.1 Å². The number of nitrogens with zero attached hydrogens (tertiary/aromatic N) is 1. The van der Waals surface area contributed by atoms with Crippen molar-refractivity contribution in [2.75, 3.05) is 0 Å². The molecule has 5 aromatic rings. The van der Waals surface area contributed by atoms with Crippen LogP contribution in [0.3, 0.4) is 0 Å². The summed E-state index contributed by atoms with van der Waals surface area (Å²) in [4.78, 5) is 0. The predicted octanol–water partition coefficient (Wildman–Crippen LogP) is 6.18. The maximum absolute atomic E-state index is 6.11. The lowest BCUT2D eigenvalue weighted by Crippen LogP contribution is -1.87. The Morgan fingerprint density at radius 1 is 0.792 bits per heavy atom. The monoisotopic (exact) mass is 313 g/mol. The van der Waals surface area contributed by atoms with Crippen molar-refractivity contribution >= 4 is 43.7 Å². The molecule has 3 aromatic carbocycles. The summed E-state index contributed by atoms with van der Waals surface area (Å²) >= 11 is 0. The fraction of sp³-hybridized carbons (Fsp3) is 0.182. The lowest BCUT2D eigenvalue weighted by Gasteiger charge is -2.03. The fourth-order valence-corrected chi connectivity index (χ4v) is 4.10. The Morgan fingerprint density at radius 2 is 1.62 bits per heavy atom. The topological polar surface area (TPSA) is 18.1 Å². The average molecular weight is 313 g/mol. The van der Waals surface area contributed by atoms with Crippen LogP contribution >= 0.6 is 0 Å². The van der Waals surface area contributed by atoms with Gasteiger partial charge in [-0.2, -0.15) is 0 Å². The standard InChI is InChI=1S/C22H19NO/c1-3-7-14-8-6-10-16-20(14)22-17(23(16)2)12-13-19-21(22)15-9-4-5-11-18(15)24-19/h4-6,8-13H,3,7H2,1-2H3. The summed E-state index contributed by atoms with van der Waals surface area (Å²) in [6.07, 6.45) is 2.25. The van der Waals surface area contributed by atoms with Crippen molar-refractivity contribution in [3.8, 4) is 0 Å². The zero-order valence-corrected chi connectivity index (χ0v) is 14.0. The fourth-order valence-electron chi connectivity index (χ4n) is 4.10. The molecule has 2 nitrogen and oxygen atoms in total. The van der Waals surface area contributed by atoms with Gasteiger partial charge < -0.3 is 8.98 Å². The van der Waals surface area contributed by atoms with E-state index in [1.54, 1.807) is 0 Å². The summed E-state index contributed by atoms with van der Waals surface area (Å²) in [6.45, 7) is 2.24. The van der Waals surface area contributed by atoms with Crippen molar-refractivity contribution in [2.24, 2.45) is 7.05 Å². The zero-order chi connectivity index (χ0) is 16.3. The molecule has 24 heavy (non-hydrogen) atoms. The predicted molar refractivity (Wildman–Crippen MR) is 102 cm³/mol. The van der Waals surface area contributed by atoms with E-state index in [0.29, 0.717) is 0 Å². The Labute approximate surface area is 140 Å². The van der Waals surface area contributed by atoms with Gasteiger partial charge in [0.2, 0.25) is 0 Å². The van der Waals surface area contributed by atoms with Crippen molar-refractivity contribution in [3.05, 3.63) is 60.2 Å². The van der Waals surface area contributed by atoms with E-state index in [9.17, 15) is 0 Å². The Balaban J connectivity index is 2.12. The molecule has 0 N–H and O–H groups in total. The molecule has 0 spiro atoms. The van der Waals surface area contributed by atoms with Gasteiger partial charge in [-0.3, -0.25) is 0 Å². The highest BCUT2D eigenvalue weighted by atomic mass is 16.3. The summed E-state index contributed by atoms with van der Waals surface area (Å²) < 4.78 is 8.42. The number of rotatable bonds is 2. The highest BCUT2D eigenvalue weighted by Crippen LogP contribution is 2.40. The molecule has 118 valence electrons. The van der Waals surface area contributed by atoms with E-state index >= 15 is 0 Å². The van der Waals surface area contributed by atoms with Crippen LogP contribution in [0.2, 0.25) is 0 Å². The van der Waals surface area contributed by atoms with Crippen LogP contribution in [0.4, 0.5) is 0 Å². The second kappa shape index (κ2) is 4.88. The first-order valence-corrected chi connectivity index (χ1v) is 8.60. The molecular formula is C22H19NO. The van der Waals surface area contributed by atoms with Gasteiger partial charge in [0.05, 0.1) is 0 Å².